The van der Waals surface area contributed by atoms with Gasteiger partial charge in [-0.25, -0.2) is 0 Å². The van der Waals surface area contributed by atoms with Crippen LogP contribution >= 0.6 is 0 Å². The molecule has 2 saturated heterocycles. The van der Waals surface area contributed by atoms with Gasteiger partial charge in [-0.05, 0) is 81.6 Å². The van der Waals surface area contributed by atoms with E-state index in [2.05, 4.69) is 46.4 Å². The van der Waals surface area contributed by atoms with Crippen LogP contribution in [0.3, 0.4) is 0 Å². The Morgan fingerprint density at radius 1 is 0.962 bits per heavy atom. The quantitative estimate of drug-likeness (QED) is 0.584. The van der Waals surface area contributed by atoms with Gasteiger partial charge in [-0.15, -0.1) is 0 Å². The van der Waals surface area contributed by atoms with Crippen LogP contribution in [0.1, 0.15) is 92.9 Å². The highest BCUT2D eigenvalue weighted by molar-refractivity contribution is 5.07. The van der Waals surface area contributed by atoms with E-state index in [1.54, 1.807) is 0 Å². The van der Waals surface area contributed by atoms with Gasteiger partial charge in [-0.3, -0.25) is 4.90 Å². The first-order valence-electron chi connectivity index (χ1n) is 11.6. The first-order chi connectivity index (χ1) is 12.3. The number of fused-ring (bicyclic) bond motifs is 2. The summed E-state index contributed by atoms with van der Waals surface area (Å²) in [4.78, 5) is 2.82. The van der Waals surface area contributed by atoms with E-state index in [1.807, 2.05) is 0 Å². The Balaban J connectivity index is 1.82. The van der Waals surface area contributed by atoms with E-state index < -0.39 is 0 Å². The SMILES string of the molecule is CC1CCCCC2C(CCN(C(C)C)C23COC3)CCC(C)(C(C)C)C1. The van der Waals surface area contributed by atoms with Crippen molar-refractivity contribution >= 4 is 0 Å². The molecule has 0 N–H and O–H groups in total. The van der Waals surface area contributed by atoms with Gasteiger partial charge >= 0.3 is 0 Å². The summed E-state index contributed by atoms with van der Waals surface area (Å²) in [6.45, 7) is 18.1. The molecule has 1 spiro atoms. The van der Waals surface area contributed by atoms with Crippen LogP contribution in [0.25, 0.3) is 0 Å². The van der Waals surface area contributed by atoms with Gasteiger partial charge in [0.25, 0.3) is 0 Å². The van der Waals surface area contributed by atoms with Crippen LogP contribution in [-0.4, -0.2) is 36.2 Å². The number of likely N-dealkylation sites (tertiary alicyclic amines) is 1. The van der Waals surface area contributed by atoms with Crippen molar-refractivity contribution in [3.05, 3.63) is 0 Å². The maximum atomic E-state index is 5.85. The van der Waals surface area contributed by atoms with E-state index in [0.717, 1.165) is 36.9 Å². The normalized spacial score (nSPS) is 39.5. The predicted octanol–water partition coefficient (Wildman–Crippen LogP) is 6.14. The first-order valence-corrected chi connectivity index (χ1v) is 11.6. The van der Waals surface area contributed by atoms with Crippen molar-refractivity contribution in [2.75, 3.05) is 19.8 Å². The Morgan fingerprint density at radius 3 is 2.23 bits per heavy atom. The third kappa shape index (κ3) is 3.88. The predicted molar refractivity (Wildman–Crippen MR) is 111 cm³/mol. The molecule has 2 aliphatic heterocycles. The van der Waals surface area contributed by atoms with Gasteiger partial charge in [0.1, 0.15) is 0 Å². The molecule has 0 aromatic carbocycles. The molecule has 1 aliphatic carbocycles. The molecule has 3 rings (SSSR count). The summed E-state index contributed by atoms with van der Waals surface area (Å²) in [6.07, 6.45) is 11.4. The van der Waals surface area contributed by atoms with Crippen molar-refractivity contribution in [2.24, 2.45) is 29.1 Å². The molecule has 3 fully saturated rings. The second kappa shape index (κ2) is 8.11. The summed E-state index contributed by atoms with van der Waals surface area (Å²) in [5.74, 6) is 3.45. The third-order valence-corrected chi connectivity index (χ3v) is 8.66. The van der Waals surface area contributed by atoms with Crippen molar-refractivity contribution in [1.82, 2.24) is 4.90 Å². The second-order valence-corrected chi connectivity index (χ2v) is 11.0. The van der Waals surface area contributed by atoms with E-state index in [0.29, 0.717) is 17.0 Å². The van der Waals surface area contributed by atoms with Gasteiger partial charge in [0, 0.05) is 6.04 Å². The van der Waals surface area contributed by atoms with Crippen molar-refractivity contribution in [1.29, 1.82) is 0 Å². The van der Waals surface area contributed by atoms with Crippen LogP contribution in [0.2, 0.25) is 0 Å². The summed E-state index contributed by atoms with van der Waals surface area (Å²) in [6, 6.07) is 0.652. The number of piperidine rings is 1. The highest BCUT2D eigenvalue weighted by Crippen LogP contribution is 2.50. The highest BCUT2D eigenvalue weighted by atomic mass is 16.5. The number of nitrogens with zero attached hydrogens (tertiary/aromatic N) is 1. The number of hydrogen-bond donors (Lipinski definition) is 0. The van der Waals surface area contributed by atoms with Crippen molar-refractivity contribution in [2.45, 2.75) is 104 Å². The van der Waals surface area contributed by atoms with Gasteiger partial charge in [-0.1, -0.05) is 47.0 Å². The number of rotatable bonds is 2. The maximum absolute atomic E-state index is 5.85. The fourth-order valence-corrected chi connectivity index (χ4v) is 6.59. The van der Waals surface area contributed by atoms with Gasteiger partial charge in [0.05, 0.1) is 18.8 Å². The van der Waals surface area contributed by atoms with Crippen molar-refractivity contribution in [3.63, 3.8) is 0 Å². The van der Waals surface area contributed by atoms with E-state index in [1.165, 1.54) is 57.9 Å². The zero-order chi connectivity index (χ0) is 18.9. The molecule has 2 nitrogen and oxygen atoms in total. The molecule has 1 saturated carbocycles. The van der Waals surface area contributed by atoms with Crippen LogP contribution < -0.4 is 0 Å². The van der Waals surface area contributed by atoms with Crippen molar-refractivity contribution < 1.29 is 4.74 Å². The molecule has 2 heterocycles. The third-order valence-electron chi connectivity index (χ3n) is 8.66. The molecule has 4 atom stereocenters. The van der Waals surface area contributed by atoms with Gasteiger partial charge in [0.15, 0.2) is 0 Å². The lowest BCUT2D eigenvalue weighted by Crippen LogP contribution is -2.71. The average molecular weight is 364 g/mol. The van der Waals surface area contributed by atoms with Gasteiger partial charge in [-0.2, -0.15) is 0 Å². The fourth-order valence-electron chi connectivity index (χ4n) is 6.59. The molecule has 0 bridgehead atoms. The molecular formula is C24H45NO. The highest BCUT2D eigenvalue weighted by Gasteiger charge is 2.55. The minimum absolute atomic E-state index is 0.366. The maximum Gasteiger partial charge on any atom is 0.0711 e. The van der Waals surface area contributed by atoms with Gasteiger partial charge in [0.2, 0.25) is 0 Å². The zero-order valence-corrected chi connectivity index (χ0v) is 18.5. The lowest BCUT2D eigenvalue weighted by Gasteiger charge is -2.61. The first kappa shape index (κ1) is 20.6. The number of hydrogen-bond acceptors (Lipinski definition) is 2. The molecule has 2 heteroatoms. The molecule has 0 radical (unpaired) electrons. The summed E-state index contributed by atoms with van der Waals surface area (Å²) < 4.78 is 5.85. The summed E-state index contributed by atoms with van der Waals surface area (Å²) in [7, 11) is 0. The Labute approximate surface area is 163 Å². The van der Waals surface area contributed by atoms with E-state index in [9.17, 15) is 0 Å². The fraction of sp³-hybridized carbons (Fsp3) is 1.00. The zero-order valence-electron chi connectivity index (χ0n) is 18.5. The lowest BCUT2D eigenvalue weighted by molar-refractivity contribution is -0.209. The molecule has 0 aromatic heterocycles. The number of ether oxygens (including phenoxy) is 1. The minimum Gasteiger partial charge on any atom is -0.377 e. The summed E-state index contributed by atoms with van der Waals surface area (Å²) >= 11 is 0. The second-order valence-electron chi connectivity index (χ2n) is 11.0. The lowest BCUT2D eigenvalue weighted by atomic mass is 9.63. The monoisotopic (exact) mass is 363 g/mol. The molecule has 3 aliphatic rings. The largest absolute Gasteiger partial charge is 0.377 e. The van der Waals surface area contributed by atoms with Crippen LogP contribution in [-0.2, 0) is 4.74 Å². The van der Waals surface area contributed by atoms with Crippen LogP contribution in [0.15, 0.2) is 0 Å². The molecule has 0 amide bonds. The van der Waals surface area contributed by atoms with Crippen LogP contribution in [0, 0.1) is 29.1 Å². The Kier molecular flexibility index (Phi) is 6.44. The molecule has 4 unspecified atom stereocenters. The van der Waals surface area contributed by atoms with E-state index in [-0.39, 0.29) is 0 Å². The smallest absolute Gasteiger partial charge is 0.0711 e. The Morgan fingerprint density at radius 2 is 1.65 bits per heavy atom. The minimum atomic E-state index is 0.366. The topological polar surface area (TPSA) is 12.5 Å². The van der Waals surface area contributed by atoms with E-state index >= 15 is 0 Å². The molecular weight excluding hydrogens is 318 g/mol. The molecule has 0 aromatic rings. The Hall–Kier alpha value is -0.0800. The average Bonchev–Trinajstić information content (AvgIpc) is 2.56. The summed E-state index contributed by atoms with van der Waals surface area (Å²) in [5.41, 5.74) is 0.887. The molecule has 152 valence electrons. The van der Waals surface area contributed by atoms with Crippen molar-refractivity contribution in [3.8, 4) is 0 Å². The summed E-state index contributed by atoms with van der Waals surface area (Å²) in [5, 5.41) is 0. The van der Waals surface area contributed by atoms with Crippen LogP contribution in [0.5, 0.6) is 0 Å². The van der Waals surface area contributed by atoms with E-state index in [4.69, 9.17) is 4.74 Å². The van der Waals surface area contributed by atoms with Crippen LogP contribution in [0.4, 0.5) is 0 Å². The standard InChI is InChI=1S/C24H45NO/c1-18(2)23(6)13-11-21-12-14-25(19(3)4)24(16-26-17-24)22(21)10-8-7-9-20(5)15-23/h18-22H,7-17H2,1-6H3. The Bertz CT molecular complexity index is 455. The molecule has 26 heavy (non-hydrogen) atoms. The van der Waals surface area contributed by atoms with Gasteiger partial charge < -0.3 is 4.74 Å².